The average Bonchev–Trinajstić information content (AvgIpc) is 2.48. The van der Waals surface area contributed by atoms with Crippen molar-refractivity contribution in [1.82, 2.24) is 4.98 Å². The quantitative estimate of drug-likeness (QED) is 0.860. The fourth-order valence-electron chi connectivity index (χ4n) is 1.77. The summed E-state index contributed by atoms with van der Waals surface area (Å²) in [6, 6.07) is 12.4. The van der Waals surface area contributed by atoms with E-state index < -0.39 is 0 Å². The van der Waals surface area contributed by atoms with E-state index in [0.717, 1.165) is 5.56 Å². The molecule has 1 heterocycles. The molecular formula is C15H15N3O2. The van der Waals surface area contributed by atoms with Crippen LogP contribution in [0.15, 0.2) is 42.6 Å². The fourth-order valence-corrected chi connectivity index (χ4v) is 1.77. The van der Waals surface area contributed by atoms with Gasteiger partial charge in [0, 0.05) is 12.2 Å². The van der Waals surface area contributed by atoms with Crippen LogP contribution in [0, 0.1) is 11.3 Å². The molecule has 0 aliphatic carbocycles. The Labute approximate surface area is 117 Å². The van der Waals surface area contributed by atoms with Crippen LogP contribution in [0.25, 0.3) is 0 Å². The maximum Gasteiger partial charge on any atom is 0.237 e. The molecule has 1 aromatic carbocycles. The zero-order valence-electron chi connectivity index (χ0n) is 10.9. The number of nitriles is 1. The number of nitrogens with zero attached hydrogens (tertiary/aromatic N) is 2. The molecule has 2 rings (SSSR count). The molecule has 1 aromatic heterocycles. The Kier molecular flexibility index (Phi) is 4.66. The van der Waals surface area contributed by atoms with Gasteiger partial charge in [-0.25, -0.2) is 4.98 Å². The van der Waals surface area contributed by atoms with E-state index in [2.05, 4.69) is 4.98 Å². The smallest absolute Gasteiger partial charge is 0.237 e. The van der Waals surface area contributed by atoms with E-state index in [0.29, 0.717) is 17.7 Å². The first-order valence-corrected chi connectivity index (χ1v) is 6.21. The lowest BCUT2D eigenvalue weighted by molar-refractivity contribution is 0.265. The third kappa shape index (κ3) is 3.54. The first-order chi connectivity index (χ1) is 9.72. The number of nitrogens with two attached hydrogens (primary N) is 1. The van der Waals surface area contributed by atoms with Crippen LogP contribution in [0.1, 0.15) is 11.1 Å². The van der Waals surface area contributed by atoms with E-state index in [4.69, 9.17) is 20.8 Å². The lowest BCUT2D eigenvalue weighted by Gasteiger charge is -2.10. The summed E-state index contributed by atoms with van der Waals surface area (Å²) in [5.74, 6) is 0.862. The Balaban J connectivity index is 2.18. The first kappa shape index (κ1) is 14.0. The van der Waals surface area contributed by atoms with Crippen LogP contribution in [-0.2, 0) is 6.42 Å². The molecule has 0 fully saturated rings. The van der Waals surface area contributed by atoms with Crippen molar-refractivity contribution in [3.63, 3.8) is 0 Å². The van der Waals surface area contributed by atoms with Crippen LogP contribution in [0.4, 0.5) is 0 Å². The van der Waals surface area contributed by atoms with Crippen molar-refractivity contribution in [2.24, 2.45) is 5.73 Å². The van der Waals surface area contributed by atoms with E-state index >= 15 is 0 Å². The Bertz CT molecular complexity index is 623. The summed E-state index contributed by atoms with van der Waals surface area (Å²) in [6.07, 6.45) is 2.13. The maximum absolute atomic E-state index is 8.99. The van der Waals surface area contributed by atoms with Crippen LogP contribution in [0.3, 0.4) is 0 Å². The molecule has 0 bridgehead atoms. The van der Waals surface area contributed by atoms with Crippen LogP contribution in [0.5, 0.6) is 11.6 Å². The number of aromatic nitrogens is 1. The lowest BCUT2D eigenvalue weighted by Crippen LogP contribution is -2.26. The van der Waals surface area contributed by atoms with Gasteiger partial charge in [0.05, 0.1) is 6.61 Å². The molecule has 0 saturated carbocycles. The van der Waals surface area contributed by atoms with Gasteiger partial charge in [0.2, 0.25) is 5.88 Å². The van der Waals surface area contributed by atoms with E-state index in [1.165, 1.54) is 0 Å². The summed E-state index contributed by atoms with van der Waals surface area (Å²) < 4.78 is 5.62. The van der Waals surface area contributed by atoms with Gasteiger partial charge in [0.25, 0.3) is 0 Å². The number of aliphatic hydroxyl groups is 1. The Morgan fingerprint density at radius 3 is 2.95 bits per heavy atom. The largest absolute Gasteiger partial charge is 0.438 e. The third-order valence-electron chi connectivity index (χ3n) is 2.74. The summed E-state index contributed by atoms with van der Waals surface area (Å²) in [5.41, 5.74) is 7.04. The van der Waals surface area contributed by atoms with E-state index in [1.807, 2.05) is 24.3 Å². The minimum atomic E-state index is -0.297. The van der Waals surface area contributed by atoms with Gasteiger partial charge in [-0.05, 0) is 36.2 Å². The topological polar surface area (TPSA) is 92.2 Å². The van der Waals surface area contributed by atoms with Crippen molar-refractivity contribution in [3.05, 3.63) is 53.7 Å². The number of hydrogen-bond donors (Lipinski definition) is 2. The summed E-state index contributed by atoms with van der Waals surface area (Å²) in [6.45, 7) is -0.0656. The number of pyridine rings is 1. The van der Waals surface area contributed by atoms with E-state index in [9.17, 15) is 0 Å². The Morgan fingerprint density at radius 1 is 1.35 bits per heavy atom. The fraction of sp³-hybridized carbons (Fsp3) is 0.200. The molecule has 20 heavy (non-hydrogen) atoms. The maximum atomic E-state index is 8.99. The molecule has 5 nitrogen and oxygen atoms in total. The van der Waals surface area contributed by atoms with Crippen LogP contribution < -0.4 is 10.5 Å². The van der Waals surface area contributed by atoms with Crippen molar-refractivity contribution >= 4 is 0 Å². The van der Waals surface area contributed by atoms with Gasteiger partial charge >= 0.3 is 0 Å². The van der Waals surface area contributed by atoms with Gasteiger partial charge in [0.15, 0.2) is 0 Å². The predicted molar refractivity (Wildman–Crippen MR) is 74.2 cm³/mol. The van der Waals surface area contributed by atoms with Crippen molar-refractivity contribution in [2.75, 3.05) is 6.61 Å². The standard InChI is InChI=1S/C15H15N3O2/c16-9-12-4-2-6-18-15(12)20-14-5-1-3-11(8-14)7-13(17)10-19/h1-6,8,13,19H,7,10,17H2. The molecule has 3 N–H and O–H groups in total. The zero-order valence-corrected chi connectivity index (χ0v) is 10.9. The van der Waals surface area contributed by atoms with E-state index in [-0.39, 0.29) is 18.5 Å². The lowest BCUT2D eigenvalue weighted by atomic mass is 10.1. The Morgan fingerprint density at radius 2 is 2.20 bits per heavy atom. The SMILES string of the molecule is N#Cc1cccnc1Oc1cccc(CC(N)CO)c1. The Hall–Kier alpha value is -2.42. The van der Waals surface area contributed by atoms with Gasteiger partial charge in [-0.15, -0.1) is 0 Å². The molecule has 2 aromatic rings. The van der Waals surface area contributed by atoms with Crippen molar-refractivity contribution < 1.29 is 9.84 Å². The second-order valence-electron chi connectivity index (χ2n) is 4.36. The molecule has 0 saturated heterocycles. The van der Waals surface area contributed by atoms with Crippen molar-refractivity contribution in [1.29, 1.82) is 5.26 Å². The first-order valence-electron chi connectivity index (χ1n) is 6.21. The van der Waals surface area contributed by atoms with Crippen LogP contribution in [-0.4, -0.2) is 22.7 Å². The number of benzene rings is 1. The highest BCUT2D eigenvalue weighted by molar-refractivity contribution is 5.40. The highest BCUT2D eigenvalue weighted by Gasteiger charge is 2.07. The molecule has 1 atom stereocenters. The summed E-state index contributed by atoms with van der Waals surface area (Å²) in [5, 5.41) is 18.0. The molecule has 0 spiro atoms. The summed E-state index contributed by atoms with van der Waals surface area (Å²) in [4.78, 5) is 4.04. The molecule has 102 valence electrons. The van der Waals surface area contributed by atoms with Crippen LogP contribution in [0.2, 0.25) is 0 Å². The highest BCUT2D eigenvalue weighted by Crippen LogP contribution is 2.23. The summed E-state index contributed by atoms with van der Waals surface area (Å²) in [7, 11) is 0. The van der Waals surface area contributed by atoms with Gasteiger partial charge in [0.1, 0.15) is 17.4 Å². The van der Waals surface area contributed by atoms with Gasteiger partial charge in [-0.3, -0.25) is 0 Å². The van der Waals surface area contributed by atoms with Crippen molar-refractivity contribution in [3.8, 4) is 17.7 Å². The van der Waals surface area contributed by atoms with Gasteiger partial charge < -0.3 is 15.6 Å². The normalized spacial score (nSPS) is 11.7. The van der Waals surface area contributed by atoms with E-state index in [1.54, 1.807) is 24.4 Å². The average molecular weight is 269 g/mol. The molecule has 0 aliphatic rings. The number of aliphatic hydroxyl groups excluding tert-OH is 1. The highest BCUT2D eigenvalue weighted by atomic mass is 16.5. The molecule has 0 amide bonds. The van der Waals surface area contributed by atoms with Gasteiger partial charge in [-0.1, -0.05) is 12.1 Å². The number of ether oxygens (including phenoxy) is 1. The molecule has 1 unspecified atom stereocenters. The molecular weight excluding hydrogens is 254 g/mol. The second kappa shape index (κ2) is 6.66. The summed E-state index contributed by atoms with van der Waals surface area (Å²) >= 11 is 0. The van der Waals surface area contributed by atoms with Gasteiger partial charge in [-0.2, -0.15) is 5.26 Å². The molecule has 0 aliphatic heterocycles. The molecule has 5 heteroatoms. The monoisotopic (exact) mass is 269 g/mol. The van der Waals surface area contributed by atoms with Crippen molar-refractivity contribution in [2.45, 2.75) is 12.5 Å². The zero-order chi connectivity index (χ0) is 14.4. The number of rotatable bonds is 5. The minimum absolute atomic E-state index is 0.0656. The predicted octanol–water partition coefficient (Wildman–Crippen LogP) is 1.61. The van der Waals surface area contributed by atoms with Crippen LogP contribution >= 0.6 is 0 Å². The molecule has 0 radical (unpaired) electrons. The number of hydrogen-bond acceptors (Lipinski definition) is 5. The third-order valence-corrected chi connectivity index (χ3v) is 2.74. The second-order valence-corrected chi connectivity index (χ2v) is 4.36. The minimum Gasteiger partial charge on any atom is -0.438 e.